The molecule has 0 spiro atoms. The fourth-order valence-corrected chi connectivity index (χ4v) is 1.84. The van der Waals surface area contributed by atoms with Crippen molar-refractivity contribution in [3.8, 4) is 0 Å². The second kappa shape index (κ2) is 5.66. The number of carbonyl (C=O) groups is 1. The number of hydrogen-bond acceptors (Lipinski definition) is 3. The fourth-order valence-electron chi connectivity index (χ4n) is 1.84. The summed E-state index contributed by atoms with van der Waals surface area (Å²) < 4.78 is 0. The smallest absolute Gasteiger partial charge is 0.339 e. The topological polar surface area (TPSA) is 62.2 Å². The largest absolute Gasteiger partial charge is 0.478 e. The lowest BCUT2D eigenvalue weighted by atomic mass is 10.1. The molecule has 0 aromatic carbocycles. The van der Waals surface area contributed by atoms with Crippen LogP contribution >= 0.6 is 0 Å². The lowest BCUT2D eigenvalue weighted by Crippen LogP contribution is -2.20. The first-order valence-corrected chi connectivity index (χ1v) is 5.87. The molecule has 1 aromatic rings. The quantitative estimate of drug-likeness (QED) is 0.825. The van der Waals surface area contributed by atoms with Gasteiger partial charge in [-0.25, -0.2) is 9.78 Å². The number of hydrogen-bond donors (Lipinski definition) is 2. The van der Waals surface area contributed by atoms with E-state index in [0.717, 1.165) is 12.1 Å². The van der Waals surface area contributed by atoms with Gasteiger partial charge in [0.25, 0.3) is 0 Å². The van der Waals surface area contributed by atoms with E-state index in [9.17, 15) is 4.79 Å². The lowest BCUT2D eigenvalue weighted by Gasteiger charge is -2.18. The van der Waals surface area contributed by atoms with E-state index in [-0.39, 0.29) is 11.6 Å². The molecule has 0 aliphatic rings. The van der Waals surface area contributed by atoms with E-state index in [1.54, 1.807) is 12.1 Å². The van der Waals surface area contributed by atoms with Crippen molar-refractivity contribution < 1.29 is 9.90 Å². The van der Waals surface area contributed by atoms with Crippen molar-refractivity contribution in [1.29, 1.82) is 0 Å². The number of anilines is 1. The van der Waals surface area contributed by atoms with Crippen LogP contribution in [0.2, 0.25) is 0 Å². The molecule has 4 heteroatoms. The molecule has 17 heavy (non-hydrogen) atoms. The summed E-state index contributed by atoms with van der Waals surface area (Å²) in [7, 11) is 0. The third-order valence-corrected chi connectivity index (χ3v) is 2.47. The molecule has 1 unspecified atom stereocenters. The summed E-state index contributed by atoms with van der Waals surface area (Å²) in [5, 5.41) is 12.2. The van der Waals surface area contributed by atoms with Gasteiger partial charge in [-0.05, 0) is 38.3 Å². The Bertz CT molecular complexity index is 402. The van der Waals surface area contributed by atoms with Crippen LogP contribution in [-0.4, -0.2) is 22.1 Å². The maximum Gasteiger partial charge on any atom is 0.339 e. The molecule has 1 heterocycles. The Morgan fingerprint density at radius 1 is 1.41 bits per heavy atom. The molecule has 0 aliphatic carbocycles. The van der Waals surface area contributed by atoms with Crippen LogP contribution in [0.3, 0.4) is 0 Å². The van der Waals surface area contributed by atoms with Gasteiger partial charge >= 0.3 is 5.97 Å². The van der Waals surface area contributed by atoms with Crippen LogP contribution in [0.1, 0.15) is 43.2 Å². The summed E-state index contributed by atoms with van der Waals surface area (Å²) in [5.41, 5.74) is 1.04. The summed E-state index contributed by atoms with van der Waals surface area (Å²) in [6.07, 6.45) is 0.981. The predicted octanol–water partition coefficient (Wildman–Crippen LogP) is 2.93. The molecule has 4 nitrogen and oxygen atoms in total. The number of aryl methyl sites for hydroxylation is 1. The Morgan fingerprint density at radius 2 is 2.06 bits per heavy atom. The maximum atomic E-state index is 11.1. The fraction of sp³-hybridized carbons (Fsp3) is 0.538. The molecule has 1 atom stereocenters. The second-order valence-electron chi connectivity index (χ2n) is 4.83. The molecule has 2 N–H and O–H groups in total. The molecular weight excluding hydrogens is 216 g/mol. The monoisotopic (exact) mass is 236 g/mol. The van der Waals surface area contributed by atoms with Crippen LogP contribution in [0, 0.1) is 12.8 Å². The van der Waals surface area contributed by atoms with Gasteiger partial charge in [0.05, 0.1) is 0 Å². The highest BCUT2D eigenvalue weighted by atomic mass is 16.4. The molecule has 0 fully saturated rings. The van der Waals surface area contributed by atoms with Gasteiger partial charge in [0.1, 0.15) is 11.4 Å². The third-order valence-electron chi connectivity index (χ3n) is 2.47. The third kappa shape index (κ3) is 4.06. The van der Waals surface area contributed by atoms with Gasteiger partial charge in [0, 0.05) is 11.7 Å². The van der Waals surface area contributed by atoms with Crippen LogP contribution in [0.5, 0.6) is 0 Å². The molecule has 94 valence electrons. The molecule has 0 amide bonds. The lowest BCUT2D eigenvalue weighted by molar-refractivity contribution is 0.0697. The van der Waals surface area contributed by atoms with E-state index in [1.165, 1.54) is 0 Å². The Balaban J connectivity index is 2.88. The summed E-state index contributed by atoms with van der Waals surface area (Å²) in [4.78, 5) is 15.3. The molecule has 0 saturated carbocycles. The van der Waals surface area contributed by atoms with Crippen molar-refractivity contribution in [2.75, 3.05) is 5.32 Å². The molecule has 0 bridgehead atoms. The van der Waals surface area contributed by atoms with Gasteiger partial charge < -0.3 is 10.4 Å². The van der Waals surface area contributed by atoms with E-state index in [0.29, 0.717) is 11.7 Å². The van der Waals surface area contributed by atoms with E-state index in [2.05, 4.69) is 24.1 Å². The highest BCUT2D eigenvalue weighted by molar-refractivity contribution is 5.93. The van der Waals surface area contributed by atoms with Crippen LogP contribution in [0.4, 0.5) is 5.82 Å². The zero-order valence-electron chi connectivity index (χ0n) is 10.8. The molecule has 0 aliphatic heterocycles. The van der Waals surface area contributed by atoms with Gasteiger partial charge in [-0.2, -0.15) is 0 Å². The van der Waals surface area contributed by atoms with E-state index in [1.807, 2.05) is 13.8 Å². The standard InChI is InChI=1S/C13H20N2O2/c1-8(2)7-10(4)15-12-11(13(16)17)6-5-9(3)14-12/h5-6,8,10H,7H2,1-4H3,(H,14,15)(H,16,17). The average molecular weight is 236 g/mol. The number of nitrogens with one attached hydrogen (secondary N) is 1. The minimum absolute atomic E-state index is 0.211. The van der Waals surface area contributed by atoms with Gasteiger partial charge in [0.2, 0.25) is 0 Å². The van der Waals surface area contributed by atoms with E-state index in [4.69, 9.17) is 5.11 Å². The van der Waals surface area contributed by atoms with Crippen LogP contribution in [0.15, 0.2) is 12.1 Å². The Hall–Kier alpha value is -1.58. The van der Waals surface area contributed by atoms with Crippen LogP contribution in [-0.2, 0) is 0 Å². The van der Waals surface area contributed by atoms with Crippen molar-refractivity contribution in [1.82, 2.24) is 4.98 Å². The van der Waals surface area contributed by atoms with Crippen molar-refractivity contribution >= 4 is 11.8 Å². The number of carboxylic acid groups (broad SMARTS) is 1. The van der Waals surface area contributed by atoms with Gasteiger partial charge in [-0.15, -0.1) is 0 Å². The zero-order chi connectivity index (χ0) is 13.0. The second-order valence-corrected chi connectivity index (χ2v) is 4.83. The summed E-state index contributed by atoms with van der Waals surface area (Å²) >= 11 is 0. The Morgan fingerprint density at radius 3 is 2.59 bits per heavy atom. The highest BCUT2D eigenvalue weighted by Crippen LogP contribution is 2.16. The van der Waals surface area contributed by atoms with Crippen molar-refractivity contribution in [3.05, 3.63) is 23.4 Å². The van der Waals surface area contributed by atoms with E-state index >= 15 is 0 Å². The molecular formula is C13H20N2O2. The normalized spacial score (nSPS) is 12.5. The molecule has 1 rings (SSSR count). The van der Waals surface area contributed by atoms with Crippen molar-refractivity contribution in [3.63, 3.8) is 0 Å². The van der Waals surface area contributed by atoms with E-state index < -0.39 is 5.97 Å². The summed E-state index contributed by atoms with van der Waals surface area (Å²) in [6.45, 7) is 8.17. The summed E-state index contributed by atoms with van der Waals surface area (Å²) in [5.74, 6) is 0.0815. The predicted molar refractivity (Wildman–Crippen MR) is 68.5 cm³/mol. The number of aromatic nitrogens is 1. The number of rotatable bonds is 5. The van der Waals surface area contributed by atoms with Crippen LogP contribution in [0.25, 0.3) is 0 Å². The van der Waals surface area contributed by atoms with Gasteiger partial charge in [0.15, 0.2) is 0 Å². The number of nitrogens with zero attached hydrogens (tertiary/aromatic N) is 1. The molecule has 1 aromatic heterocycles. The highest BCUT2D eigenvalue weighted by Gasteiger charge is 2.14. The Kier molecular flexibility index (Phi) is 4.49. The van der Waals surface area contributed by atoms with Crippen molar-refractivity contribution in [2.24, 2.45) is 5.92 Å². The number of pyridine rings is 1. The summed E-state index contributed by atoms with van der Waals surface area (Å²) in [6, 6.07) is 3.51. The SMILES string of the molecule is Cc1ccc(C(=O)O)c(NC(C)CC(C)C)n1. The first-order valence-electron chi connectivity index (χ1n) is 5.87. The average Bonchev–Trinajstić information content (AvgIpc) is 2.15. The first kappa shape index (κ1) is 13.5. The minimum Gasteiger partial charge on any atom is -0.478 e. The zero-order valence-corrected chi connectivity index (χ0v) is 10.8. The molecule has 0 radical (unpaired) electrons. The number of carboxylic acids is 1. The van der Waals surface area contributed by atoms with Gasteiger partial charge in [-0.1, -0.05) is 13.8 Å². The molecule has 0 saturated heterocycles. The van der Waals surface area contributed by atoms with Gasteiger partial charge in [-0.3, -0.25) is 0 Å². The maximum absolute atomic E-state index is 11.1. The Labute approximate surface area is 102 Å². The van der Waals surface area contributed by atoms with Crippen molar-refractivity contribution in [2.45, 2.75) is 40.2 Å². The minimum atomic E-state index is -0.947. The van der Waals surface area contributed by atoms with Crippen LogP contribution < -0.4 is 5.32 Å². The number of aromatic carboxylic acids is 1. The first-order chi connectivity index (χ1) is 7.90.